The van der Waals surface area contributed by atoms with Gasteiger partial charge in [-0.05, 0) is 33.2 Å². The van der Waals surface area contributed by atoms with Crippen molar-refractivity contribution in [1.29, 1.82) is 0 Å². The monoisotopic (exact) mass is 226 g/mol. The van der Waals surface area contributed by atoms with Crippen LogP contribution in [0, 0.1) is 5.92 Å². The quantitative estimate of drug-likeness (QED) is 0.786. The predicted octanol–water partition coefficient (Wildman–Crippen LogP) is 1.48. The first-order valence-electron chi connectivity index (χ1n) is 6.77. The summed E-state index contributed by atoms with van der Waals surface area (Å²) in [5.74, 6) is 0.680. The lowest BCUT2D eigenvalue weighted by Gasteiger charge is -2.31. The van der Waals surface area contributed by atoms with Crippen LogP contribution in [0.4, 0.5) is 0 Å². The van der Waals surface area contributed by atoms with Crippen LogP contribution in [0.2, 0.25) is 0 Å². The van der Waals surface area contributed by atoms with Gasteiger partial charge in [0, 0.05) is 30.6 Å². The lowest BCUT2D eigenvalue weighted by molar-refractivity contribution is 0.141. The Morgan fingerprint density at radius 2 is 2.12 bits per heavy atom. The van der Waals surface area contributed by atoms with E-state index in [-0.39, 0.29) is 0 Å². The van der Waals surface area contributed by atoms with Crippen molar-refractivity contribution in [3.63, 3.8) is 0 Å². The maximum atomic E-state index is 5.59. The fraction of sp³-hybridized carbons (Fsp3) is 1.00. The zero-order valence-corrected chi connectivity index (χ0v) is 10.9. The van der Waals surface area contributed by atoms with Gasteiger partial charge in [-0.1, -0.05) is 6.92 Å². The lowest BCUT2D eigenvalue weighted by Crippen LogP contribution is -2.44. The molecule has 0 amide bonds. The molecule has 16 heavy (non-hydrogen) atoms. The van der Waals surface area contributed by atoms with Gasteiger partial charge in [0.15, 0.2) is 0 Å². The molecule has 0 aromatic carbocycles. The van der Waals surface area contributed by atoms with E-state index in [0.717, 1.165) is 25.3 Å². The smallest absolute Gasteiger partial charge is 0.0623 e. The second-order valence-electron chi connectivity index (χ2n) is 5.38. The molecule has 3 heteroatoms. The molecule has 2 aliphatic heterocycles. The Morgan fingerprint density at radius 3 is 2.81 bits per heavy atom. The van der Waals surface area contributed by atoms with Crippen molar-refractivity contribution < 1.29 is 4.74 Å². The van der Waals surface area contributed by atoms with Crippen LogP contribution in [0.25, 0.3) is 0 Å². The highest BCUT2D eigenvalue weighted by Crippen LogP contribution is 2.28. The van der Waals surface area contributed by atoms with Gasteiger partial charge in [-0.2, -0.15) is 0 Å². The second-order valence-corrected chi connectivity index (χ2v) is 5.38. The first kappa shape index (κ1) is 12.3. The summed E-state index contributed by atoms with van der Waals surface area (Å²) in [6.07, 6.45) is 4.05. The Hall–Kier alpha value is -0.120. The number of likely N-dealkylation sites (tertiary alicyclic amines) is 1. The summed E-state index contributed by atoms with van der Waals surface area (Å²) >= 11 is 0. The normalized spacial score (nSPS) is 40.7. The summed E-state index contributed by atoms with van der Waals surface area (Å²) in [6.45, 7) is 7.73. The predicted molar refractivity (Wildman–Crippen MR) is 66.6 cm³/mol. The van der Waals surface area contributed by atoms with E-state index >= 15 is 0 Å². The van der Waals surface area contributed by atoms with E-state index in [1.54, 1.807) is 0 Å². The Balaban J connectivity index is 1.92. The van der Waals surface area contributed by atoms with E-state index in [4.69, 9.17) is 4.74 Å². The molecule has 0 bridgehead atoms. The van der Waals surface area contributed by atoms with Crippen LogP contribution in [0.5, 0.6) is 0 Å². The van der Waals surface area contributed by atoms with Gasteiger partial charge in [0.1, 0.15) is 0 Å². The van der Waals surface area contributed by atoms with Gasteiger partial charge in [-0.25, -0.2) is 0 Å². The SMILES string of the molecule is CCC1CCC(C)N1CC1COCC1NC. The molecular formula is C13H26N2O. The number of likely N-dealkylation sites (N-methyl/N-ethyl adjacent to an activating group) is 1. The minimum atomic E-state index is 0.560. The standard InChI is InChI=1S/C13H26N2O/c1-4-12-6-5-10(2)15(12)7-11-8-16-9-13(11)14-3/h10-14H,4-9H2,1-3H3. The third-order valence-electron chi connectivity index (χ3n) is 4.44. The van der Waals surface area contributed by atoms with Crippen molar-refractivity contribution in [3.05, 3.63) is 0 Å². The molecule has 2 saturated heterocycles. The third kappa shape index (κ3) is 2.41. The summed E-state index contributed by atoms with van der Waals surface area (Å²) in [6, 6.07) is 2.14. The first-order valence-corrected chi connectivity index (χ1v) is 6.77. The molecule has 3 nitrogen and oxygen atoms in total. The van der Waals surface area contributed by atoms with Gasteiger partial charge < -0.3 is 10.1 Å². The van der Waals surface area contributed by atoms with Gasteiger partial charge in [0.25, 0.3) is 0 Å². The van der Waals surface area contributed by atoms with Crippen LogP contribution in [-0.4, -0.2) is 49.8 Å². The van der Waals surface area contributed by atoms with Crippen LogP contribution >= 0.6 is 0 Å². The summed E-state index contributed by atoms with van der Waals surface area (Å²) < 4.78 is 5.59. The van der Waals surface area contributed by atoms with Crippen molar-refractivity contribution >= 4 is 0 Å². The lowest BCUT2D eigenvalue weighted by atomic mass is 10.0. The van der Waals surface area contributed by atoms with Gasteiger partial charge >= 0.3 is 0 Å². The highest BCUT2D eigenvalue weighted by molar-refractivity contribution is 4.89. The summed E-state index contributed by atoms with van der Waals surface area (Å²) in [4.78, 5) is 2.71. The molecule has 2 aliphatic rings. The molecule has 4 atom stereocenters. The molecular weight excluding hydrogens is 200 g/mol. The molecule has 94 valence electrons. The van der Waals surface area contributed by atoms with E-state index in [2.05, 4.69) is 31.1 Å². The van der Waals surface area contributed by atoms with Gasteiger partial charge in [0.2, 0.25) is 0 Å². The summed E-state index contributed by atoms with van der Waals surface area (Å²) in [7, 11) is 2.05. The summed E-state index contributed by atoms with van der Waals surface area (Å²) in [5, 5.41) is 3.38. The zero-order valence-electron chi connectivity index (χ0n) is 10.9. The van der Waals surface area contributed by atoms with Gasteiger partial charge in [-0.3, -0.25) is 4.90 Å². The van der Waals surface area contributed by atoms with Crippen molar-refractivity contribution in [2.24, 2.45) is 5.92 Å². The van der Waals surface area contributed by atoms with Crippen LogP contribution in [-0.2, 0) is 4.74 Å². The number of ether oxygens (including phenoxy) is 1. The van der Waals surface area contributed by atoms with Crippen molar-refractivity contribution in [2.75, 3.05) is 26.8 Å². The largest absolute Gasteiger partial charge is 0.379 e. The summed E-state index contributed by atoms with van der Waals surface area (Å²) in [5.41, 5.74) is 0. The van der Waals surface area contributed by atoms with E-state index in [1.165, 1.54) is 25.8 Å². The highest BCUT2D eigenvalue weighted by Gasteiger charge is 2.35. The maximum Gasteiger partial charge on any atom is 0.0623 e. The van der Waals surface area contributed by atoms with Gasteiger partial charge in [0.05, 0.1) is 13.2 Å². The molecule has 0 radical (unpaired) electrons. The minimum Gasteiger partial charge on any atom is -0.379 e. The van der Waals surface area contributed by atoms with Crippen LogP contribution in [0.3, 0.4) is 0 Å². The van der Waals surface area contributed by atoms with Crippen molar-refractivity contribution in [2.45, 2.75) is 51.2 Å². The number of hydrogen-bond donors (Lipinski definition) is 1. The Kier molecular flexibility index (Phi) is 4.22. The molecule has 0 saturated carbocycles. The molecule has 0 aromatic rings. The Labute approximate surface area is 99.5 Å². The third-order valence-corrected chi connectivity index (χ3v) is 4.44. The van der Waals surface area contributed by atoms with Crippen molar-refractivity contribution in [3.8, 4) is 0 Å². The highest BCUT2D eigenvalue weighted by atomic mass is 16.5. The minimum absolute atomic E-state index is 0.560. The molecule has 4 unspecified atom stereocenters. The fourth-order valence-corrected chi connectivity index (χ4v) is 3.26. The van der Waals surface area contributed by atoms with Crippen LogP contribution in [0.15, 0.2) is 0 Å². The second kappa shape index (κ2) is 5.48. The van der Waals surface area contributed by atoms with E-state index in [1.807, 2.05) is 0 Å². The topological polar surface area (TPSA) is 24.5 Å². The molecule has 2 heterocycles. The number of nitrogens with zero attached hydrogens (tertiary/aromatic N) is 1. The molecule has 0 spiro atoms. The Morgan fingerprint density at radius 1 is 1.31 bits per heavy atom. The maximum absolute atomic E-state index is 5.59. The fourth-order valence-electron chi connectivity index (χ4n) is 3.26. The molecule has 2 fully saturated rings. The molecule has 1 N–H and O–H groups in total. The zero-order chi connectivity index (χ0) is 11.5. The first-order chi connectivity index (χ1) is 7.76. The van der Waals surface area contributed by atoms with E-state index < -0.39 is 0 Å². The molecule has 0 aliphatic carbocycles. The molecule has 2 rings (SSSR count). The number of hydrogen-bond acceptors (Lipinski definition) is 3. The van der Waals surface area contributed by atoms with Crippen LogP contribution in [0.1, 0.15) is 33.1 Å². The van der Waals surface area contributed by atoms with E-state index in [0.29, 0.717) is 12.0 Å². The number of nitrogens with one attached hydrogen (secondary N) is 1. The van der Waals surface area contributed by atoms with Crippen molar-refractivity contribution in [1.82, 2.24) is 10.2 Å². The van der Waals surface area contributed by atoms with Crippen LogP contribution < -0.4 is 5.32 Å². The van der Waals surface area contributed by atoms with E-state index in [9.17, 15) is 0 Å². The Bertz CT molecular complexity index is 222. The molecule has 0 aromatic heterocycles. The van der Waals surface area contributed by atoms with Gasteiger partial charge in [-0.15, -0.1) is 0 Å². The average Bonchev–Trinajstić information content (AvgIpc) is 2.87. The average molecular weight is 226 g/mol. The number of rotatable bonds is 4.